The Balaban J connectivity index is 3.45. The molecule has 0 radical (unpaired) electrons. The molecule has 19 heavy (non-hydrogen) atoms. The summed E-state index contributed by atoms with van der Waals surface area (Å²) in [7, 11) is -5.13. The molecule has 0 saturated carbocycles. The second-order valence-corrected chi connectivity index (χ2v) is 4.80. The van der Waals surface area contributed by atoms with Crippen molar-refractivity contribution in [3.05, 3.63) is 38.8 Å². The Kier molecular flexibility index (Phi) is 4.71. The third kappa shape index (κ3) is 3.82. The first-order valence-corrected chi connectivity index (χ1v) is 6.58. The van der Waals surface area contributed by atoms with Gasteiger partial charge in [0, 0.05) is 11.5 Å². The number of hydrogen-bond donors (Lipinski definition) is 1. The van der Waals surface area contributed by atoms with E-state index in [0.717, 1.165) is 0 Å². The lowest BCUT2D eigenvalue weighted by molar-refractivity contribution is 0.436. The summed E-state index contributed by atoms with van der Waals surface area (Å²) in [5.74, 6) is -0.117. The topological polar surface area (TPSA) is 118 Å². The van der Waals surface area contributed by atoms with Gasteiger partial charge < -0.3 is 9.92 Å². The molecular weight excluding hydrogens is 275 g/mol. The van der Waals surface area contributed by atoms with Crippen LogP contribution in [0.1, 0.15) is 22.3 Å². The third-order valence-electron chi connectivity index (χ3n) is 2.70. The third-order valence-corrected chi connectivity index (χ3v) is 3.07. The van der Waals surface area contributed by atoms with Crippen LogP contribution < -0.4 is 9.92 Å². The highest BCUT2D eigenvalue weighted by molar-refractivity contribution is 7.81. The molecule has 104 valence electrons. The number of hydrogen-bond acceptors (Lipinski definition) is 5. The monoisotopic (exact) mass is 288 g/mol. The Morgan fingerprint density at radius 2 is 2.00 bits per heavy atom. The van der Waals surface area contributed by atoms with Crippen molar-refractivity contribution in [3.63, 3.8) is 0 Å². The molecule has 0 heterocycles. The predicted molar refractivity (Wildman–Crippen MR) is 67.3 cm³/mol. The van der Waals surface area contributed by atoms with Gasteiger partial charge in [-0.1, -0.05) is 15.1 Å². The van der Waals surface area contributed by atoms with E-state index >= 15 is 0 Å². The van der Waals surface area contributed by atoms with Crippen molar-refractivity contribution in [2.24, 2.45) is 10.8 Å². The lowest BCUT2D eigenvalue weighted by atomic mass is 9.98. The Hall–Kier alpha value is -1.83. The molecule has 0 aliphatic rings. The summed E-state index contributed by atoms with van der Waals surface area (Å²) in [6, 6.07) is 1.68. The minimum atomic E-state index is -5.13. The largest absolute Gasteiger partial charge is 0.488 e. The molecule has 0 atom stereocenters. The smallest absolute Gasteiger partial charge is 0.358 e. The average molecular weight is 288 g/mol. The zero-order valence-electron chi connectivity index (χ0n) is 10.4. The average Bonchev–Trinajstić information content (AvgIpc) is 2.32. The molecule has 0 aromatic heterocycles. The minimum Gasteiger partial charge on any atom is -0.358 e. The second kappa shape index (κ2) is 5.87. The number of nitrogens with zero attached hydrogens (tertiary/aromatic N) is 3. The van der Waals surface area contributed by atoms with Crippen LogP contribution in [0.25, 0.3) is 10.4 Å². The van der Waals surface area contributed by atoms with Crippen LogP contribution in [0.5, 0.6) is 5.75 Å². The lowest BCUT2D eigenvalue weighted by Gasteiger charge is -2.15. The van der Waals surface area contributed by atoms with Crippen LogP contribution in [0.3, 0.4) is 0 Å². The molecule has 1 aromatic rings. The number of halogens is 1. The van der Waals surface area contributed by atoms with E-state index in [1.807, 2.05) is 0 Å². The quantitative estimate of drug-likeness (QED) is 0.386. The highest BCUT2D eigenvalue weighted by atomic mass is 32.3. The van der Waals surface area contributed by atoms with Gasteiger partial charge in [0.05, 0.1) is 6.54 Å². The molecule has 1 rings (SSSR count). The number of azide groups is 1. The van der Waals surface area contributed by atoms with Gasteiger partial charge in [0.2, 0.25) is 0 Å². The fourth-order valence-electron chi connectivity index (χ4n) is 1.71. The Labute approximate surface area is 110 Å². The zero-order chi connectivity index (χ0) is 14.6. The molecule has 0 unspecified atom stereocenters. The first-order valence-electron chi connectivity index (χ1n) is 5.27. The van der Waals surface area contributed by atoms with Crippen molar-refractivity contribution < 1.29 is 16.5 Å². The molecule has 0 fully saturated rings. The molecule has 1 aromatic carbocycles. The van der Waals surface area contributed by atoms with Crippen molar-refractivity contribution in [1.82, 2.24) is 0 Å². The molecule has 7 nitrogen and oxygen atoms in total. The summed E-state index contributed by atoms with van der Waals surface area (Å²) in [5, 5.41) is 3.39. The number of rotatable bonds is 5. The van der Waals surface area contributed by atoms with Gasteiger partial charge in [-0.25, -0.2) is 0 Å². The summed E-state index contributed by atoms with van der Waals surface area (Å²) < 4.78 is 38.3. The Bertz CT molecular complexity index is 639. The Morgan fingerprint density at radius 1 is 1.42 bits per heavy atom. The van der Waals surface area contributed by atoms with Crippen molar-refractivity contribution in [2.75, 3.05) is 0 Å². The maximum absolute atomic E-state index is 12.7. The van der Waals surface area contributed by atoms with E-state index in [1.165, 1.54) is 0 Å². The van der Waals surface area contributed by atoms with Gasteiger partial charge >= 0.3 is 10.5 Å². The van der Waals surface area contributed by atoms with E-state index in [2.05, 4.69) is 14.2 Å². The summed E-state index contributed by atoms with van der Waals surface area (Å²) in [5.41, 5.74) is 15.8. The van der Waals surface area contributed by atoms with Gasteiger partial charge in [0.1, 0.15) is 0 Å². The van der Waals surface area contributed by atoms with E-state index < -0.39 is 10.5 Å². The van der Waals surface area contributed by atoms with Crippen LogP contribution in [0.2, 0.25) is 0 Å². The maximum Gasteiger partial charge on any atom is 0.488 e. The maximum atomic E-state index is 12.7. The summed E-state index contributed by atoms with van der Waals surface area (Å²) in [4.78, 5) is 2.61. The highest BCUT2D eigenvalue weighted by Gasteiger charge is 2.18. The molecule has 0 aliphatic carbocycles. The fraction of sp³-hybridized carbons (Fsp3) is 0.400. The van der Waals surface area contributed by atoms with Crippen LogP contribution in [-0.4, -0.2) is 8.42 Å². The second-order valence-electron chi connectivity index (χ2n) is 3.84. The standard InChI is InChI=1S/C10H13FN4O3S/c1-6-8(4-12)3-9(5-14-15-13)7(2)10(6)18-19(11,16)17/h3H,4-5,12H2,1-2H3. The molecule has 0 spiro atoms. The van der Waals surface area contributed by atoms with Crippen molar-refractivity contribution >= 4 is 10.5 Å². The molecule has 9 heteroatoms. The van der Waals surface area contributed by atoms with Gasteiger partial charge in [0.25, 0.3) is 0 Å². The van der Waals surface area contributed by atoms with E-state index in [1.54, 1.807) is 19.9 Å². The fourth-order valence-corrected chi connectivity index (χ4v) is 2.16. The van der Waals surface area contributed by atoms with Gasteiger partial charge in [-0.2, -0.15) is 8.42 Å². The predicted octanol–water partition coefficient (Wildman–Crippen LogP) is 2.17. The van der Waals surface area contributed by atoms with Crippen LogP contribution >= 0.6 is 0 Å². The van der Waals surface area contributed by atoms with Gasteiger partial charge in [0.15, 0.2) is 5.75 Å². The SMILES string of the molecule is Cc1c(CN)cc(CN=[N+]=[N-])c(C)c1OS(=O)(=O)F. The normalized spacial score (nSPS) is 10.9. The van der Waals surface area contributed by atoms with E-state index in [-0.39, 0.29) is 18.8 Å². The first-order chi connectivity index (χ1) is 8.80. The minimum absolute atomic E-state index is 0.00168. The lowest BCUT2D eigenvalue weighted by Crippen LogP contribution is -2.09. The summed E-state index contributed by atoms with van der Waals surface area (Å²) >= 11 is 0. The van der Waals surface area contributed by atoms with Gasteiger partial charge in [-0.3, -0.25) is 0 Å². The van der Waals surface area contributed by atoms with Gasteiger partial charge in [-0.05, 0) is 41.6 Å². The van der Waals surface area contributed by atoms with Crippen LogP contribution in [0, 0.1) is 13.8 Å². The first kappa shape index (κ1) is 15.2. The molecule has 0 aliphatic heterocycles. The van der Waals surface area contributed by atoms with E-state index in [4.69, 9.17) is 11.3 Å². The van der Waals surface area contributed by atoms with Crippen LogP contribution in [0.15, 0.2) is 11.2 Å². The van der Waals surface area contributed by atoms with Crippen LogP contribution in [-0.2, 0) is 23.6 Å². The van der Waals surface area contributed by atoms with Crippen molar-refractivity contribution in [2.45, 2.75) is 26.9 Å². The Morgan fingerprint density at radius 3 is 2.47 bits per heavy atom. The molecule has 0 bridgehead atoms. The molecule has 2 N–H and O–H groups in total. The zero-order valence-corrected chi connectivity index (χ0v) is 11.2. The highest BCUT2D eigenvalue weighted by Crippen LogP contribution is 2.31. The number of nitrogens with two attached hydrogens (primary N) is 1. The van der Waals surface area contributed by atoms with Crippen LogP contribution in [0.4, 0.5) is 3.89 Å². The molecule has 0 amide bonds. The molecule has 0 saturated heterocycles. The van der Waals surface area contributed by atoms with Crippen molar-refractivity contribution in [1.29, 1.82) is 0 Å². The van der Waals surface area contributed by atoms with E-state index in [9.17, 15) is 12.3 Å². The molecular formula is C10H13FN4O3S. The summed E-state index contributed by atoms with van der Waals surface area (Å²) in [6.07, 6.45) is 0. The number of benzene rings is 1. The summed E-state index contributed by atoms with van der Waals surface area (Å²) in [6.45, 7) is 3.25. The van der Waals surface area contributed by atoms with Crippen molar-refractivity contribution in [3.8, 4) is 5.75 Å². The van der Waals surface area contributed by atoms with Gasteiger partial charge in [-0.15, -0.1) is 0 Å². The van der Waals surface area contributed by atoms with E-state index in [0.29, 0.717) is 22.3 Å².